The van der Waals surface area contributed by atoms with E-state index in [1.54, 1.807) is 0 Å². The van der Waals surface area contributed by atoms with E-state index in [0.29, 0.717) is 16.7 Å². The van der Waals surface area contributed by atoms with Crippen molar-refractivity contribution in [1.82, 2.24) is 10.6 Å². The van der Waals surface area contributed by atoms with Crippen molar-refractivity contribution in [2.45, 2.75) is 76.5 Å². The molecule has 0 radical (unpaired) electrons. The molecule has 2 rings (SSSR count). The predicted octanol–water partition coefficient (Wildman–Crippen LogP) is 3.43. The minimum atomic E-state index is -0.664. The average molecular weight is 455 g/mol. The maximum atomic E-state index is 12.0. The standard InChI is InChI=1S/C17H33N3OS.HI/c1-4-22(21)15-9-7-8-14(12-15)20-16(18-3)19-13-17(2)10-5-6-11-17;/h14-15H,4-13H2,1-3H3,(H2,18,19,20);1H. The zero-order valence-electron chi connectivity index (χ0n) is 14.9. The quantitative estimate of drug-likeness (QED) is 0.380. The van der Waals surface area contributed by atoms with Crippen LogP contribution >= 0.6 is 24.0 Å². The second kappa shape index (κ2) is 10.2. The predicted molar refractivity (Wildman–Crippen MR) is 111 cm³/mol. The monoisotopic (exact) mass is 455 g/mol. The van der Waals surface area contributed by atoms with Crippen LogP contribution in [0, 0.1) is 5.41 Å². The van der Waals surface area contributed by atoms with Crippen molar-refractivity contribution >= 4 is 40.7 Å². The van der Waals surface area contributed by atoms with Crippen LogP contribution in [0.25, 0.3) is 0 Å². The van der Waals surface area contributed by atoms with Gasteiger partial charge in [0, 0.05) is 41.4 Å². The van der Waals surface area contributed by atoms with Gasteiger partial charge in [-0.1, -0.05) is 33.1 Å². The van der Waals surface area contributed by atoms with E-state index in [1.807, 2.05) is 14.0 Å². The third-order valence-electron chi connectivity index (χ3n) is 5.34. The van der Waals surface area contributed by atoms with E-state index in [2.05, 4.69) is 22.5 Å². The molecule has 2 aliphatic rings. The molecule has 2 aliphatic carbocycles. The van der Waals surface area contributed by atoms with Crippen LogP contribution in [-0.4, -0.2) is 40.8 Å². The van der Waals surface area contributed by atoms with Gasteiger partial charge in [0.2, 0.25) is 0 Å². The Balaban J connectivity index is 0.00000264. The second-order valence-electron chi connectivity index (χ2n) is 7.24. The molecule has 4 nitrogen and oxygen atoms in total. The number of aliphatic imine (C=N–C) groups is 1. The van der Waals surface area contributed by atoms with Crippen molar-refractivity contribution in [1.29, 1.82) is 0 Å². The maximum absolute atomic E-state index is 12.0. The third-order valence-corrected chi connectivity index (χ3v) is 7.08. The molecule has 2 fully saturated rings. The first-order valence-corrected chi connectivity index (χ1v) is 10.3. The first kappa shape index (κ1) is 21.2. The summed E-state index contributed by atoms with van der Waals surface area (Å²) >= 11 is 0. The molecule has 0 aliphatic heterocycles. The van der Waals surface area contributed by atoms with Crippen molar-refractivity contribution in [2.24, 2.45) is 10.4 Å². The lowest BCUT2D eigenvalue weighted by atomic mass is 9.89. The number of hydrogen-bond donors (Lipinski definition) is 2. The van der Waals surface area contributed by atoms with Gasteiger partial charge < -0.3 is 10.6 Å². The van der Waals surface area contributed by atoms with Gasteiger partial charge in [0.1, 0.15) is 0 Å². The fourth-order valence-corrected chi connectivity index (χ4v) is 5.19. The number of halogens is 1. The molecule has 3 atom stereocenters. The van der Waals surface area contributed by atoms with Gasteiger partial charge in [-0.3, -0.25) is 9.20 Å². The number of hydrogen-bond acceptors (Lipinski definition) is 2. The highest BCUT2D eigenvalue weighted by Crippen LogP contribution is 2.36. The molecule has 6 heteroatoms. The summed E-state index contributed by atoms with van der Waals surface area (Å²) in [5.41, 5.74) is 0.427. The number of nitrogens with zero attached hydrogens (tertiary/aromatic N) is 1. The molecule has 0 amide bonds. The normalized spacial score (nSPS) is 28.7. The molecule has 0 aromatic carbocycles. The van der Waals surface area contributed by atoms with Crippen LogP contribution in [0.5, 0.6) is 0 Å². The summed E-state index contributed by atoms with van der Waals surface area (Å²) < 4.78 is 12.0. The van der Waals surface area contributed by atoms with Crippen LogP contribution in [0.4, 0.5) is 0 Å². The van der Waals surface area contributed by atoms with E-state index in [9.17, 15) is 4.21 Å². The van der Waals surface area contributed by atoms with Gasteiger partial charge in [-0.2, -0.15) is 0 Å². The molecule has 23 heavy (non-hydrogen) atoms. The summed E-state index contributed by atoms with van der Waals surface area (Å²) in [6.45, 7) is 5.40. The molecule has 136 valence electrons. The molecular weight excluding hydrogens is 421 g/mol. The van der Waals surface area contributed by atoms with Crippen molar-refractivity contribution in [3.8, 4) is 0 Å². The van der Waals surface area contributed by atoms with E-state index in [4.69, 9.17) is 0 Å². The highest BCUT2D eigenvalue weighted by molar-refractivity contribution is 14.0. The van der Waals surface area contributed by atoms with Gasteiger partial charge in [0.15, 0.2) is 5.96 Å². The van der Waals surface area contributed by atoms with Crippen LogP contribution in [0.3, 0.4) is 0 Å². The fraction of sp³-hybridized carbons (Fsp3) is 0.941. The molecule has 2 N–H and O–H groups in total. The topological polar surface area (TPSA) is 53.5 Å². The zero-order chi connectivity index (χ0) is 16.0. The molecule has 3 unspecified atom stereocenters. The second-order valence-corrected chi connectivity index (χ2v) is 9.25. The highest BCUT2D eigenvalue weighted by atomic mass is 127. The summed E-state index contributed by atoms with van der Waals surface area (Å²) in [5.74, 6) is 1.70. The number of rotatable bonds is 5. The van der Waals surface area contributed by atoms with E-state index < -0.39 is 10.8 Å². The largest absolute Gasteiger partial charge is 0.356 e. The molecule has 0 bridgehead atoms. The molecule has 2 saturated carbocycles. The van der Waals surface area contributed by atoms with Crippen LogP contribution in [0.2, 0.25) is 0 Å². The Kier molecular flexibility index (Phi) is 9.41. The Morgan fingerprint density at radius 2 is 1.96 bits per heavy atom. The van der Waals surface area contributed by atoms with Crippen molar-refractivity contribution < 1.29 is 4.21 Å². The van der Waals surface area contributed by atoms with Crippen molar-refractivity contribution in [3.63, 3.8) is 0 Å². The van der Waals surface area contributed by atoms with Gasteiger partial charge in [0.25, 0.3) is 0 Å². The SMILES string of the molecule is CCS(=O)C1CCCC(NC(=NC)NCC2(C)CCCC2)C1.I. The zero-order valence-corrected chi connectivity index (χ0v) is 18.0. The Hall–Kier alpha value is 0.150. The van der Waals surface area contributed by atoms with Crippen molar-refractivity contribution in [2.75, 3.05) is 19.3 Å². The molecule has 0 aromatic rings. The maximum Gasteiger partial charge on any atom is 0.191 e. The minimum Gasteiger partial charge on any atom is -0.356 e. The molecule has 0 saturated heterocycles. The molecule has 0 aromatic heterocycles. The van der Waals surface area contributed by atoms with Gasteiger partial charge >= 0.3 is 0 Å². The lowest BCUT2D eigenvalue weighted by Crippen LogP contribution is -2.48. The summed E-state index contributed by atoms with van der Waals surface area (Å²) in [6.07, 6.45) is 9.81. The average Bonchev–Trinajstić information content (AvgIpc) is 2.98. The number of nitrogens with one attached hydrogen (secondary N) is 2. The van der Waals surface area contributed by atoms with Gasteiger partial charge in [-0.15, -0.1) is 24.0 Å². The first-order valence-electron chi connectivity index (χ1n) is 8.90. The van der Waals surface area contributed by atoms with Crippen LogP contribution in [0.15, 0.2) is 4.99 Å². The van der Waals surface area contributed by atoms with Gasteiger partial charge in [0.05, 0.1) is 0 Å². The van der Waals surface area contributed by atoms with Gasteiger partial charge in [-0.05, 0) is 37.5 Å². The Morgan fingerprint density at radius 1 is 1.26 bits per heavy atom. The molecule has 0 heterocycles. The minimum absolute atomic E-state index is 0. The van der Waals surface area contributed by atoms with E-state index in [-0.39, 0.29) is 24.0 Å². The summed E-state index contributed by atoms with van der Waals surface area (Å²) in [5, 5.41) is 7.44. The van der Waals surface area contributed by atoms with Crippen LogP contribution < -0.4 is 10.6 Å². The van der Waals surface area contributed by atoms with E-state index in [0.717, 1.165) is 37.5 Å². The molecular formula is C17H34IN3OS. The van der Waals surface area contributed by atoms with E-state index >= 15 is 0 Å². The third kappa shape index (κ3) is 6.52. The highest BCUT2D eigenvalue weighted by Gasteiger charge is 2.29. The Morgan fingerprint density at radius 3 is 2.57 bits per heavy atom. The summed E-state index contributed by atoms with van der Waals surface area (Å²) in [7, 11) is 1.18. The molecule has 0 spiro atoms. The number of guanidine groups is 1. The van der Waals surface area contributed by atoms with Crippen LogP contribution in [0.1, 0.15) is 65.2 Å². The summed E-state index contributed by atoms with van der Waals surface area (Å²) in [6, 6.07) is 0.414. The first-order chi connectivity index (χ1) is 10.6. The smallest absolute Gasteiger partial charge is 0.191 e. The Labute approximate surface area is 161 Å². The van der Waals surface area contributed by atoms with Crippen LogP contribution in [-0.2, 0) is 10.8 Å². The lowest BCUT2D eigenvalue weighted by molar-refractivity contribution is 0.331. The fourth-order valence-electron chi connectivity index (χ4n) is 3.84. The lowest BCUT2D eigenvalue weighted by Gasteiger charge is -2.31. The Bertz CT molecular complexity index is 411. The van der Waals surface area contributed by atoms with E-state index in [1.165, 1.54) is 32.1 Å². The van der Waals surface area contributed by atoms with Crippen molar-refractivity contribution in [3.05, 3.63) is 0 Å². The van der Waals surface area contributed by atoms with Gasteiger partial charge in [-0.25, -0.2) is 0 Å². The summed E-state index contributed by atoms with van der Waals surface area (Å²) in [4.78, 5) is 4.38.